The number of nitrogens with one attached hydrogen (secondary N) is 2. The van der Waals surface area contributed by atoms with E-state index in [9.17, 15) is 9.90 Å². The normalized spacial score (nSPS) is 11.8. The van der Waals surface area contributed by atoms with Crippen molar-refractivity contribution in [3.05, 3.63) is 59.1 Å². The molecule has 1 atom stereocenters. The summed E-state index contributed by atoms with van der Waals surface area (Å²) in [5.41, 5.74) is 2.51. The van der Waals surface area contributed by atoms with E-state index in [1.165, 1.54) is 6.92 Å². The van der Waals surface area contributed by atoms with E-state index in [1.807, 2.05) is 42.5 Å². The molecule has 2 aromatic rings. The summed E-state index contributed by atoms with van der Waals surface area (Å²) in [4.78, 5) is 11.6. The molecular weight excluding hydrogens is 288 g/mol. The molecule has 0 radical (unpaired) electrons. The SMILES string of the molecule is CC(O)C(=O)Nc1ccccc1NCc1ccc(Cl)cc1. The van der Waals surface area contributed by atoms with Crippen LogP contribution in [0.4, 0.5) is 11.4 Å². The summed E-state index contributed by atoms with van der Waals surface area (Å²) in [5, 5.41) is 15.9. The number of rotatable bonds is 5. The van der Waals surface area contributed by atoms with Gasteiger partial charge in [0.25, 0.3) is 5.91 Å². The monoisotopic (exact) mass is 304 g/mol. The molecule has 5 heteroatoms. The number of benzene rings is 2. The van der Waals surface area contributed by atoms with Gasteiger partial charge in [0.1, 0.15) is 6.10 Å². The summed E-state index contributed by atoms with van der Waals surface area (Å²) in [6.07, 6.45) is -1.05. The summed E-state index contributed by atoms with van der Waals surface area (Å²) in [6, 6.07) is 14.9. The van der Waals surface area contributed by atoms with Crippen LogP contribution in [0, 0.1) is 0 Å². The van der Waals surface area contributed by atoms with Crippen LogP contribution in [0.25, 0.3) is 0 Å². The number of aliphatic hydroxyl groups is 1. The third kappa shape index (κ3) is 4.48. The van der Waals surface area contributed by atoms with Crippen LogP contribution in [-0.4, -0.2) is 17.1 Å². The highest BCUT2D eigenvalue weighted by molar-refractivity contribution is 6.30. The number of carbonyl (C=O) groups is 1. The Labute approximate surface area is 128 Å². The van der Waals surface area contributed by atoms with Gasteiger partial charge in [-0.15, -0.1) is 0 Å². The van der Waals surface area contributed by atoms with Crippen LogP contribution in [0.3, 0.4) is 0 Å². The zero-order chi connectivity index (χ0) is 15.2. The highest BCUT2D eigenvalue weighted by Gasteiger charge is 2.10. The van der Waals surface area contributed by atoms with Gasteiger partial charge in [0.2, 0.25) is 0 Å². The highest BCUT2D eigenvalue weighted by Crippen LogP contribution is 2.22. The van der Waals surface area contributed by atoms with Crippen molar-refractivity contribution < 1.29 is 9.90 Å². The van der Waals surface area contributed by atoms with Gasteiger partial charge < -0.3 is 15.7 Å². The van der Waals surface area contributed by atoms with Crippen molar-refractivity contribution in [2.24, 2.45) is 0 Å². The second-order valence-electron chi connectivity index (χ2n) is 4.69. The fourth-order valence-corrected chi connectivity index (χ4v) is 1.91. The van der Waals surface area contributed by atoms with Gasteiger partial charge >= 0.3 is 0 Å². The smallest absolute Gasteiger partial charge is 0.252 e. The van der Waals surface area contributed by atoms with Crippen LogP contribution >= 0.6 is 11.6 Å². The maximum absolute atomic E-state index is 11.6. The van der Waals surface area contributed by atoms with E-state index in [0.717, 1.165) is 11.3 Å². The van der Waals surface area contributed by atoms with E-state index in [2.05, 4.69) is 10.6 Å². The maximum Gasteiger partial charge on any atom is 0.252 e. The number of para-hydroxylation sites is 2. The van der Waals surface area contributed by atoms with Gasteiger partial charge in [-0.05, 0) is 36.8 Å². The quantitative estimate of drug-likeness (QED) is 0.794. The van der Waals surface area contributed by atoms with Crippen molar-refractivity contribution in [1.82, 2.24) is 0 Å². The molecule has 110 valence electrons. The molecule has 3 N–H and O–H groups in total. The van der Waals surface area contributed by atoms with Crippen molar-refractivity contribution in [2.45, 2.75) is 19.6 Å². The standard InChI is InChI=1S/C16H17ClN2O2/c1-11(20)16(21)19-15-5-3-2-4-14(15)18-10-12-6-8-13(17)9-7-12/h2-9,11,18,20H,10H2,1H3,(H,19,21). The number of anilines is 2. The first-order valence-electron chi connectivity index (χ1n) is 6.62. The molecule has 0 saturated carbocycles. The van der Waals surface area contributed by atoms with Crippen LogP contribution in [0.2, 0.25) is 5.02 Å². The third-order valence-electron chi connectivity index (χ3n) is 2.96. The minimum atomic E-state index is -1.05. The predicted molar refractivity (Wildman–Crippen MR) is 85.5 cm³/mol. The number of carbonyl (C=O) groups excluding carboxylic acids is 1. The van der Waals surface area contributed by atoms with E-state index in [0.29, 0.717) is 17.3 Å². The Bertz CT molecular complexity index is 612. The van der Waals surface area contributed by atoms with E-state index in [-0.39, 0.29) is 0 Å². The van der Waals surface area contributed by atoms with Gasteiger partial charge in [-0.2, -0.15) is 0 Å². The molecule has 0 aliphatic heterocycles. The highest BCUT2D eigenvalue weighted by atomic mass is 35.5. The fourth-order valence-electron chi connectivity index (χ4n) is 1.78. The molecule has 0 aliphatic rings. The fraction of sp³-hybridized carbons (Fsp3) is 0.188. The van der Waals surface area contributed by atoms with Gasteiger partial charge in [0.15, 0.2) is 0 Å². The molecule has 0 bridgehead atoms. The Morgan fingerprint density at radius 1 is 1.14 bits per heavy atom. The molecule has 21 heavy (non-hydrogen) atoms. The molecule has 0 saturated heterocycles. The first-order chi connectivity index (χ1) is 10.1. The number of hydrogen-bond donors (Lipinski definition) is 3. The first-order valence-corrected chi connectivity index (χ1v) is 7.00. The van der Waals surface area contributed by atoms with E-state index in [1.54, 1.807) is 6.07 Å². The number of hydrogen-bond acceptors (Lipinski definition) is 3. The molecule has 2 aromatic carbocycles. The lowest BCUT2D eigenvalue weighted by Gasteiger charge is -2.14. The summed E-state index contributed by atoms with van der Waals surface area (Å²) in [6.45, 7) is 2.04. The Hall–Kier alpha value is -2.04. The second-order valence-corrected chi connectivity index (χ2v) is 5.13. The molecule has 2 rings (SSSR count). The van der Waals surface area contributed by atoms with Gasteiger partial charge in [0.05, 0.1) is 11.4 Å². The summed E-state index contributed by atoms with van der Waals surface area (Å²) in [5.74, 6) is -0.434. The van der Waals surface area contributed by atoms with Crippen LogP contribution in [-0.2, 0) is 11.3 Å². The number of aliphatic hydroxyl groups excluding tert-OH is 1. The first kappa shape index (κ1) is 15.4. The molecular formula is C16H17ClN2O2. The number of amides is 1. The van der Waals surface area contributed by atoms with Gasteiger partial charge in [-0.25, -0.2) is 0 Å². The average molecular weight is 305 g/mol. The van der Waals surface area contributed by atoms with Gasteiger partial charge in [0, 0.05) is 11.6 Å². The molecule has 1 amide bonds. The van der Waals surface area contributed by atoms with Crippen molar-refractivity contribution in [1.29, 1.82) is 0 Å². The zero-order valence-corrected chi connectivity index (χ0v) is 12.4. The second kappa shape index (κ2) is 7.11. The maximum atomic E-state index is 11.6. The molecule has 0 aliphatic carbocycles. The van der Waals surface area contributed by atoms with Gasteiger partial charge in [-0.3, -0.25) is 4.79 Å². The van der Waals surface area contributed by atoms with Crippen molar-refractivity contribution in [3.8, 4) is 0 Å². The van der Waals surface area contributed by atoms with Crippen LogP contribution in [0.5, 0.6) is 0 Å². The molecule has 0 aromatic heterocycles. The van der Waals surface area contributed by atoms with Crippen LogP contribution in [0.15, 0.2) is 48.5 Å². The Kier molecular flexibility index (Phi) is 5.20. The lowest BCUT2D eigenvalue weighted by molar-refractivity contribution is -0.123. The Morgan fingerprint density at radius 2 is 1.76 bits per heavy atom. The van der Waals surface area contributed by atoms with Crippen LogP contribution < -0.4 is 10.6 Å². The molecule has 0 fully saturated rings. The number of halogens is 1. The van der Waals surface area contributed by atoms with Crippen molar-refractivity contribution in [3.63, 3.8) is 0 Å². The third-order valence-corrected chi connectivity index (χ3v) is 3.21. The molecule has 1 unspecified atom stereocenters. The van der Waals surface area contributed by atoms with E-state index in [4.69, 9.17) is 11.6 Å². The van der Waals surface area contributed by atoms with Crippen LogP contribution in [0.1, 0.15) is 12.5 Å². The lowest BCUT2D eigenvalue weighted by atomic mass is 10.2. The lowest BCUT2D eigenvalue weighted by Crippen LogP contribution is -2.24. The summed E-state index contributed by atoms with van der Waals surface area (Å²) >= 11 is 5.85. The summed E-state index contributed by atoms with van der Waals surface area (Å²) < 4.78 is 0. The van der Waals surface area contributed by atoms with E-state index < -0.39 is 12.0 Å². The van der Waals surface area contributed by atoms with Crippen molar-refractivity contribution >= 4 is 28.9 Å². The molecule has 0 heterocycles. The Morgan fingerprint density at radius 3 is 2.38 bits per heavy atom. The minimum Gasteiger partial charge on any atom is -0.384 e. The largest absolute Gasteiger partial charge is 0.384 e. The zero-order valence-electron chi connectivity index (χ0n) is 11.6. The summed E-state index contributed by atoms with van der Waals surface area (Å²) in [7, 11) is 0. The van der Waals surface area contributed by atoms with Gasteiger partial charge in [-0.1, -0.05) is 35.9 Å². The predicted octanol–water partition coefficient (Wildman–Crippen LogP) is 3.27. The topological polar surface area (TPSA) is 61.4 Å². The minimum absolute atomic E-state index is 0.434. The van der Waals surface area contributed by atoms with Crippen molar-refractivity contribution in [2.75, 3.05) is 10.6 Å². The molecule has 4 nitrogen and oxygen atoms in total. The van der Waals surface area contributed by atoms with E-state index >= 15 is 0 Å². The average Bonchev–Trinajstić information content (AvgIpc) is 2.48. The Balaban J connectivity index is 2.06. The molecule has 0 spiro atoms.